The molecule has 0 radical (unpaired) electrons. The summed E-state index contributed by atoms with van der Waals surface area (Å²) in [5.41, 5.74) is 2.29. The van der Waals surface area contributed by atoms with Gasteiger partial charge in [-0.15, -0.1) is 0 Å². The SMILES string of the molecule is CC(SC#N)c1ccc(-c2ccccc2)c(F)c1. The van der Waals surface area contributed by atoms with E-state index in [1.165, 1.54) is 6.07 Å². The molecule has 18 heavy (non-hydrogen) atoms. The maximum atomic E-state index is 14.0. The van der Waals surface area contributed by atoms with Crippen molar-refractivity contribution < 1.29 is 4.39 Å². The maximum Gasteiger partial charge on any atom is 0.133 e. The van der Waals surface area contributed by atoms with Crippen molar-refractivity contribution in [3.63, 3.8) is 0 Å². The molecule has 1 nitrogen and oxygen atoms in total. The standard InChI is InChI=1S/C15H12FNS/c1-11(18-10-17)13-7-8-14(15(16)9-13)12-5-3-2-4-6-12/h2-9,11H,1H3. The number of nitrogens with zero attached hydrogens (tertiary/aromatic N) is 1. The molecule has 1 atom stereocenters. The Morgan fingerprint density at radius 1 is 1.17 bits per heavy atom. The summed E-state index contributed by atoms with van der Waals surface area (Å²) in [7, 11) is 0. The fourth-order valence-corrected chi connectivity index (χ4v) is 2.22. The highest BCUT2D eigenvalue weighted by molar-refractivity contribution is 8.03. The molecule has 0 bridgehead atoms. The van der Waals surface area contributed by atoms with Crippen molar-refractivity contribution in [2.24, 2.45) is 0 Å². The van der Waals surface area contributed by atoms with E-state index in [-0.39, 0.29) is 11.1 Å². The molecule has 0 N–H and O–H groups in total. The predicted molar refractivity (Wildman–Crippen MR) is 73.5 cm³/mol. The summed E-state index contributed by atoms with van der Waals surface area (Å²) in [6, 6.07) is 14.6. The molecule has 2 rings (SSSR count). The van der Waals surface area contributed by atoms with Gasteiger partial charge in [-0.1, -0.05) is 42.5 Å². The monoisotopic (exact) mass is 257 g/mol. The third-order valence-corrected chi connectivity index (χ3v) is 3.51. The molecule has 90 valence electrons. The van der Waals surface area contributed by atoms with Crippen LogP contribution in [0, 0.1) is 16.5 Å². The molecule has 2 aromatic rings. The quantitative estimate of drug-likeness (QED) is 0.740. The van der Waals surface area contributed by atoms with Crippen molar-refractivity contribution in [1.29, 1.82) is 5.26 Å². The Hall–Kier alpha value is -1.79. The van der Waals surface area contributed by atoms with Crippen LogP contribution in [-0.4, -0.2) is 0 Å². The van der Waals surface area contributed by atoms with Crippen LogP contribution in [0.1, 0.15) is 17.7 Å². The number of rotatable bonds is 3. The molecule has 0 aromatic heterocycles. The van der Waals surface area contributed by atoms with E-state index >= 15 is 0 Å². The minimum Gasteiger partial charge on any atom is -0.206 e. The lowest BCUT2D eigenvalue weighted by Gasteiger charge is -2.09. The van der Waals surface area contributed by atoms with Crippen LogP contribution >= 0.6 is 11.8 Å². The highest BCUT2D eigenvalue weighted by Crippen LogP contribution is 2.31. The minimum atomic E-state index is -0.246. The number of benzene rings is 2. The highest BCUT2D eigenvalue weighted by Gasteiger charge is 2.10. The molecular weight excluding hydrogens is 245 g/mol. The normalized spacial score (nSPS) is 11.8. The van der Waals surface area contributed by atoms with Crippen molar-refractivity contribution in [2.45, 2.75) is 12.2 Å². The Labute approximate surface area is 110 Å². The van der Waals surface area contributed by atoms with Crippen molar-refractivity contribution in [3.05, 3.63) is 59.9 Å². The molecule has 0 saturated carbocycles. The lowest BCUT2D eigenvalue weighted by atomic mass is 10.0. The van der Waals surface area contributed by atoms with Gasteiger partial charge >= 0.3 is 0 Å². The van der Waals surface area contributed by atoms with E-state index in [9.17, 15) is 4.39 Å². The largest absolute Gasteiger partial charge is 0.206 e. The number of thiocyanates is 1. The Balaban J connectivity index is 2.35. The zero-order valence-corrected chi connectivity index (χ0v) is 10.7. The Bertz CT molecular complexity index is 575. The average Bonchev–Trinajstić information content (AvgIpc) is 2.40. The van der Waals surface area contributed by atoms with Crippen LogP contribution < -0.4 is 0 Å². The third kappa shape index (κ3) is 2.72. The molecule has 3 heteroatoms. The number of thioether (sulfide) groups is 1. The van der Waals surface area contributed by atoms with Crippen LogP contribution in [-0.2, 0) is 0 Å². The second-order valence-electron chi connectivity index (χ2n) is 3.96. The van der Waals surface area contributed by atoms with Crippen LogP contribution in [0.15, 0.2) is 48.5 Å². The molecule has 0 amide bonds. The summed E-state index contributed by atoms with van der Waals surface area (Å²) in [6.45, 7) is 1.89. The topological polar surface area (TPSA) is 23.8 Å². The van der Waals surface area contributed by atoms with Gasteiger partial charge in [-0.3, -0.25) is 0 Å². The molecule has 0 aliphatic carbocycles. The first kappa shape index (κ1) is 12.7. The van der Waals surface area contributed by atoms with E-state index in [4.69, 9.17) is 5.26 Å². The number of hydrogen-bond donors (Lipinski definition) is 0. The summed E-state index contributed by atoms with van der Waals surface area (Å²) < 4.78 is 14.0. The van der Waals surface area contributed by atoms with Gasteiger partial charge in [0.05, 0.1) is 0 Å². The Morgan fingerprint density at radius 2 is 1.89 bits per heavy atom. The zero-order valence-electron chi connectivity index (χ0n) is 9.93. The van der Waals surface area contributed by atoms with Crippen molar-refractivity contribution >= 4 is 11.8 Å². The van der Waals surface area contributed by atoms with Gasteiger partial charge in [-0.25, -0.2) is 4.39 Å². The zero-order chi connectivity index (χ0) is 13.0. The summed E-state index contributed by atoms with van der Waals surface area (Å²) in [5, 5.41) is 10.6. The second kappa shape index (κ2) is 5.70. The molecule has 2 aromatic carbocycles. The van der Waals surface area contributed by atoms with Gasteiger partial charge in [-0.05, 0) is 35.9 Å². The lowest BCUT2D eigenvalue weighted by Crippen LogP contribution is -1.91. The highest BCUT2D eigenvalue weighted by atomic mass is 32.2. The van der Waals surface area contributed by atoms with E-state index in [2.05, 4.69) is 0 Å². The van der Waals surface area contributed by atoms with E-state index in [1.54, 1.807) is 6.07 Å². The average molecular weight is 257 g/mol. The lowest BCUT2D eigenvalue weighted by molar-refractivity contribution is 0.629. The van der Waals surface area contributed by atoms with Crippen molar-refractivity contribution in [3.8, 4) is 16.5 Å². The van der Waals surface area contributed by atoms with Gasteiger partial charge in [0.25, 0.3) is 0 Å². The predicted octanol–water partition coefficient (Wildman–Crippen LogP) is 4.77. The third-order valence-electron chi connectivity index (χ3n) is 2.78. The molecule has 0 heterocycles. The number of halogens is 1. The molecular formula is C15H12FNS. The van der Waals surface area contributed by atoms with Gasteiger partial charge < -0.3 is 0 Å². The van der Waals surface area contributed by atoms with Crippen LogP contribution in [0.5, 0.6) is 0 Å². The Morgan fingerprint density at radius 3 is 2.50 bits per heavy atom. The summed E-state index contributed by atoms with van der Waals surface area (Å²) in [4.78, 5) is 0. The van der Waals surface area contributed by atoms with Gasteiger partial charge in [-0.2, -0.15) is 5.26 Å². The van der Waals surface area contributed by atoms with E-state index in [0.29, 0.717) is 5.56 Å². The van der Waals surface area contributed by atoms with Crippen molar-refractivity contribution in [1.82, 2.24) is 0 Å². The Kier molecular flexibility index (Phi) is 4.01. The number of nitriles is 1. The first-order valence-corrected chi connectivity index (χ1v) is 6.50. The van der Waals surface area contributed by atoms with Crippen LogP contribution in [0.25, 0.3) is 11.1 Å². The fourth-order valence-electron chi connectivity index (χ4n) is 1.78. The smallest absolute Gasteiger partial charge is 0.133 e. The van der Waals surface area contributed by atoms with Crippen LogP contribution in [0.4, 0.5) is 4.39 Å². The van der Waals surface area contributed by atoms with Crippen molar-refractivity contribution in [2.75, 3.05) is 0 Å². The summed E-state index contributed by atoms with van der Waals surface area (Å²) >= 11 is 1.13. The molecule has 0 aliphatic rings. The van der Waals surface area contributed by atoms with Gasteiger partial charge in [0.15, 0.2) is 0 Å². The van der Waals surface area contributed by atoms with E-state index in [0.717, 1.165) is 22.9 Å². The first-order chi connectivity index (χ1) is 8.72. The molecule has 0 fully saturated rings. The molecule has 0 spiro atoms. The maximum absolute atomic E-state index is 14.0. The second-order valence-corrected chi connectivity index (χ2v) is 5.08. The molecule has 1 unspecified atom stereocenters. The number of hydrogen-bond acceptors (Lipinski definition) is 2. The van der Waals surface area contributed by atoms with Gasteiger partial charge in [0.1, 0.15) is 11.2 Å². The minimum absolute atomic E-state index is 0.0191. The fraction of sp³-hybridized carbons (Fsp3) is 0.133. The molecule has 0 aliphatic heterocycles. The van der Waals surface area contributed by atoms with Gasteiger partial charge in [0, 0.05) is 10.8 Å². The summed E-state index contributed by atoms with van der Waals surface area (Å²) in [5.74, 6) is -0.246. The first-order valence-electron chi connectivity index (χ1n) is 5.62. The van der Waals surface area contributed by atoms with E-state index in [1.807, 2.05) is 48.7 Å². The van der Waals surface area contributed by atoms with E-state index < -0.39 is 0 Å². The van der Waals surface area contributed by atoms with Crippen LogP contribution in [0.3, 0.4) is 0 Å². The van der Waals surface area contributed by atoms with Gasteiger partial charge in [0.2, 0.25) is 0 Å². The summed E-state index contributed by atoms with van der Waals surface area (Å²) in [6.07, 6.45) is 0. The van der Waals surface area contributed by atoms with Crippen LogP contribution in [0.2, 0.25) is 0 Å². The molecule has 0 saturated heterocycles.